The van der Waals surface area contributed by atoms with Crippen molar-refractivity contribution in [3.05, 3.63) is 70.2 Å². The molecule has 0 heterocycles. The van der Waals surface area contributed by atoms with Gasteiger partial charge in [0.25, 0.3) is 0 Å². The second-order valence-electron chi connectivity index (χ2n) is 4.83. The molecule has 1 nitrogen and oxygen atoms in total. The Morgan fingerprint density at radius 3 is 2.16 bits per heavy atom. The summed E-state index contributed by atoms with van der Waals surface area (Å²) < 4.78 is 0. The summed E-state index contributed by atoms with van der Waals surface area (Å²) in [7, 11) is 0. The van der Waals surface area contributed by atoms with Crippen LogP contribution in [0.15, 0.2) is 48.5 Å². The second kappa shape index (κ2) is 6.53. The van der Waals surface area contributed by atoms with Gasteiger partial charge in [-0.3, -0.25) is 4.79 Å². The zero-order valence-corrected chi connectivity index (χ0v) is 11.8. The third-order valence-corrected chi connectivity index (χ3v) is 3.38. The molecule has 0 atom stereocenters. The fraction of sp³-hybridized carbons (Fsp3) is 0.235. The van der Waals surface area contributed by atoms with Gasteiger partial charge in [0, 0.05) is 17.9 Å². The number of Topliss-reactive ketones (excluding diaryl/α,β-unsaturated/α-hetero) is 1. The number of aryl methyl sites for hydroxylation is 2. The van der Waals surface area contributed by atoms with Gasteiger partial charge in [0.15, 0.2) is 0 Å². The molecule has 0 aliphatic carbocycles. The van der Waals surface area contributed by atoms with E-state index in [4.69, 9.17) is 11.6 Å². The highest BCUT2D eigenvalue weighted by Gasteiger charge is 2.04. The highest BCUT2D eigenvalue weighted by molar-refractivity contribution is 6.30. The first-order chi connectivity index (χ1) is 9.13. The molecule has 0 saturated heterocycles. The second-order valence-corrected chi connectivity index (χ2v) is 5.26. The van der Waals surface area contributed by atoms with Crippen LogP contribution < -0.4 is 0 Å². The van der Waals surface area contributed by atoms with E-state index < -0.39 is 0 Å². The molecule has 0 aromatic heterocycles. The molecule has 0 bridgehead atoms. The lowest BCUT2D eigenvalue weighted by Gasteiger charge is -2.03. The van der Waals surface area contributed by atoms with E-state index in [1.54, 1.807) is 0 Å². The average Bonchev–Trinajstić information content (AvgIpc) is 2.41. The topological polar surface area (TPSA) is 17.1 Å². The number of hydrogen-bond acceptors (Lipinski definition) is 1. The molecule has 0 radical (unpaired) electrons. The van der Waals surface area contributed by atoms with Gasteiger partial charge in [0.05, 0.1) is 0 Å². The fourth-order valence-corrected chi connectivity index (χ4v) is 2.08. The zero-order chi connectivity index (χ0) is 13.7. The van der Waals surface area contributed by atoms with Crippen molar-refractivity contribution in [1.82, 2.24) is 0 Å². The molecule has 19 heavy (non-hydrogen) atoms. The number of benzene rings is 2. The van der Waals surface area contributed by atoms with E-state index >= 15 is 0 Å². The summed E-state index contributed by atoms with van der Waals surface area (Å²) in [5.41, 5.74) is 3.49. The smallest absolute Gasteiger partial charge is 0.137 e. The normalized spacial score (nSPS) is 10.4. The Labute approximate surface area is 119 Å². The van der Waals surface area contributed by atoms with Crippen molar-refractivity contribution in [2.75, 3.05) is 0 Å². The van der Waals surface area contributed by atoms with Gasteiger partial charge in [-0.15, -0.1) is 0 Å². The molecule has 0 aliphatic rings. The quantitative estimate of drug-likeness (QED) is 0.789. The number of ketones is 1. The van der Waals surface area contributed by atoms with Crippen LogP contribution in [0.2, 0.25) is 5.02 Å². The molecule has 0 amide bonds. The minimum atomic E-state index is 0.267. The van der Waals surface area contributed by atoms with Crippen LogP contribution in [0.4, 0.5) is 0 Å². The van der Waals surface area contributed by atoms with Crippen molar-refractivity contribution >= 4 is 17.4 Å². The Hall–Kier alpha value is -1.60. The van der Waals surface area contributed by atoms with Crippen LogP contribution in [-0.2, 0) is 17.6 Å². The van der Waals surface area contributed by atoms with Gasteiger partial charge >= 0.3 is 0 Å². The maximum Gasteiger partial charge on any atom is 0.137 e. The number of carbonyl (C=O) groups is 1. The third kappa shape index (κ3) is 4.53. The summed E-state index contributed by atoms with van der Waals surface area (Å²) >= 11 is 5.82. The highest BCUT2D eigenvalue weighted by Crippen LogP contribution is 2.12. The zero-order valence-electron chi connectivity index (χ0n) is 11.0. The summed E-state index contributed by atoms with van der Waals surface area (Å²) in [6, 6.07) is 15.8. The summed E-state index contributed by atoms with van der Waals surface area (Å²) in [6.07, 6.45) is 1.89. The van der Waals surface area contributed by atoms with Crippen molar-refractivity contribution in [3.63, 3.8) is 0 Å². The lowest BCUT2D eigenvalue weighted by Crippen LogP contribution is -2.04. The van der Waals surface area contributed by atoms with Crippen molar-refractivity contribution in [3.8, 4) is 0 Å². The van der Waals surface area contributed by atoms with Crippen molar-refractivity contribution < 1.29 is 4.79 Å². The van der Waals surface area contributed by atoms with Gasteiger partial charge in [0.2, 0.25) is 0 Å². The molecule has 2 aromatic carbocycles. The summed E-state index contributed by atoms with van der Waals surface area (Å²) in [5, 5.41) is 0.704. The third-order valence-electron chi connectivity index (χ3n) is 3.13. The predicted octanol–water partition coefficient (Wildman–Crippen LogP) is 4.39. The van der Waals surface area contributed by atoms with Crippen LogP contribution in [0.1, 0.15) is 23.1 Å². The maximum atomic E-state index is 11.9. The Morgan fingerprint density at radius 1 is 0.947 bits per heavy atom. The van der Waals surface area contributed by atoms with E-state index in [-0.39, 0.29) is 5.78 Å². The van der Waals surface area contributed by atoms with Gasteiger partial charge in [0.1, 0.15) is 5.78 Å². The van der Waals surface area contributed by atoms with E-state index in [1.807, 2.05) is 24.3 Å². The van der Waals surface area contributed by atoms with Gasteiger partial charge in [-0.1, -0.05) is 53.6 Å². The monoisotopic (exact) mass is 272 g/mol. The van der Waals surface area contributed by atoms with Crippen LogP contribution in [-0.4, -0.2) is 5.78 Å². The number of rotatable bonds is 5. The average molecular weight is 273 g/mol. The van der Waals surface area contributed by atoms with Crippen LogP contribution >= 0.6 is 11.6 Å². The molecular formula is C17H17ClO. The van der Waals surface area contributed by atoms with Gasteiger partial charge < -0.3 is 0 Å². The largest absolute Gasteiger partial charge is 0.299 e. The van der Waals surface area contributed by atoms with Gasteiger partial charge in [-0.05, 0) is 36.6 Å². The molecule has 0 unspecified atom stereocenters. The SMILES string of the molecule is Cc1ccc(CCC(=O)Cc2ccc(Cl)cc2)cc1. The van der Waals surface area contributed by atoms with Crippen LogP contribution in [0.3, 0.4) is 0 Å². The van der Waals surface area contributed by atoms with Gasteiger partial charge in [-0.2, -0.15) is 0 Å². The Morgan fingerprint density at radius 2 is 1.53 bits per heavy atom. The first-order valence-electron chi connectivity index (χ1n) is 6.45. The minimum absolute atomic E-state index is 0.267. The Kier molecular flexibility index (Phi) is 4.75. The molecule has 0 saturated carbocycles. The number of hydrogen-bond donors (Lipinski definition) is 0. The van der Waals surface area contributed by atoms with E-state index in [2.05, 4.69) is 31.2 Å². The highest BCUT2D eigenvalue weighted by atomic mass is 35.5. The Balaban J connectivity index is 1.84. The molecular weight excluding hydrogens is 256 g/mol. The maximum absolute atomic E-state index is 11.9. The van der Waals surface area contributed by atoms with Crippen LogP contribution in [0.25, 0.3) is 0 Å². The summed E-state index contributed by atoms with van der Waals surface area (Å²) in [4.78, 5) is 11.9. The molecule has 98 valence electrons. The van der Waals surface area contributed by atoms with Crippen LogP contribution in [0.5, 0.6) is 0 Å². The molecule has 2 rings (SSSR count). The lowest BCUT2D eigenvalue weighted by atomic mass is 10.0. The molecule has 2 heteroatoms. The summed E-state index contributed by atoms with van der Waals surface area (Å²) in [6.45, 7) is 2.06. The minimum Gasteiger partial charge on any atom is -0.299 e. The first-order valence-corrected chi connectivity index (χ1v) is 6.83. The molecule has 0 N–H and O–H groups in total. The van der Waals surface area contributed by atoms with Crippen molar-refractivity contribution in [1.29, 1.82) is 0 Å². The molecule has 0 fully saturated rings. The van der Waals surface area contributed by atoms with E-state index in [1.165, 1.54) is 11.1 Å². The van der Waals surface area contributed by atoms with Crippen LogP contribution in [0, 0.1) is 6.92 Å². The standard InChI is InChI=1S/C17H17ClO/c1-13-2-4-14(5-3-13)8-11-17(19)12-15-6-9-16(18)10-7-15/h2-7,9-10H,8,11-12H2,1H3. The van der Waals surface area contributed by atoms with Crippen molar-refractivity contribution in [2.24, 2.45) is 0 Å². The van der Waals surface area contributed by atoms with E-state index in [0.717, 1.165) is 12.0 Å². The van der Waals surface area contributed by atoms with Gasteiger partial charge in [-0.25, -0.2) is 0 Å². The fourth-order valence-electron chi connectivity index (χ4n) is 1.96. The first kappa shape index (κ1) is 13.8. The lowest BCUT2D eigenvalue weighted by molar-refractivity contribution is -0.118. The Bertz CT molecular complexity index is 540. The van der Waals surface area contributed by atoms with E-state index in [0.29, 0.717) is 17.9 Å². The molecule has 2 aromatic rings. The predicted molar refractivity (Wildman–Crippen MR) is 79.7 cm³/mol. The number of carbonyl (C=O) groups excluding carboxylic acids is 1. The number of halogens is 1. The molecule has 0 aliphatic heterocycles. The summed E-state index contributed by atoms with van der Waals surface area (Å²) in [5.74, 6) is 0.267. The van der Waals surface area contributed by atoms with Crippen molar-refractivity contribution in [2.45, 2.75) is 26.2 Å². The van der Waals surface area contributed by atoms with E-state index in [9.17, 15) is 4.79 Å². The molecule has 0 spiro atoms.